The summed E-state index contributed by atoms with van der Waals surface area (Å²) >= 11 is 1.59. The van der Waals surface area contributed by atoms with Crippen LogP contribution in [0.3, 0.4) is 0 Å². The van der Waals surface area contributed by atoms with Gasteiger partial charge < -0.3 is 10.4 Å². The lowest BCUT2D eigenvalue weighted by Crippen LogP contribution is -2.15. The van der Waals surface area contributed by atoms with Crippen molar-refractivity contribution in [2.45, 2.75) is 6.04 Å². The van der Waals surface area contributed by atoms with E-state index in [-0.39, 0.29) is 12.6 Å². The van der Waals surface area contributed by atoms with Crippen molar-refractivity contribution >= 4 is 27.4 Å². The molecule has 0 spiro atoms. The van der Waals surface area contributed by atoms with Gasteiger partial charge in [0.15, 0.2) is 0 Å². The molecule has 2 N–H and O–H groups in total. The Bertz CT molecular complexity index is 669. The number of aromatic nitrogens is 2. The Kier molecular flexibility index (Phi) is 3.39. The highest BCUT2D eigenvalue weighted by Gasteiger charge is 2.13. The molecule has 0 fully saturated rings. The summed E-state index contributed by atoms with van der Waals surface area (Å²) in [6.07, 6.45) is 1.54. The zero-order chi connectivity index (χ0) is 13.1. The number of fused-ring (bicyclic) bond motifs is 1. The largest absolute Gasteiger partial charge is 0.394 e. The van der Waals surface area contributed by atoms with Crippen molar-refractivity contribution in [1.82, 2.24) is 9.97 Å². The molecule has 2 aromatic heterocycles. The second-order valence-electron chi connectivity index (χ2n) is 4.15. The molecule has 1 unspecified atom stereocenters. The molecule has 19 heavy (non-hydrogen) atoms. The van der Waals surface area contributed by atoms with Gasteiger partial charge in [-0.2, -0.15) is 0 Å². The molecule has 1 atom stereocenters. The second kappa shape index (κ2) is 5.34. The molecule has 0 aliphatic rings. The SMILES string of the molecule is OCC(Nc1ncnc2ccsc12)c1ccccc1. The molecule has 0 saturated carbocycles. The molecule has 0 bridgehead atoms. The average Bonchev–Trinajstić information content (AvgIpc) is 2.95. The van der Waals surface area contributed by atoms with E-state index in [0.29, 0.717) is 0 Å². The van der Waals surface area contributed by atoms with Gasteiger partial charge in [0.25, 0.3) is 0 Å². The number of anilines is 1. The third kappa shape index (κ3) is 2.43. The van der Waals surface area contributed by atoms with Gasteiger partial charge in [-0.25, -0.2) is 9.97 Å². The van der Waals surface area contributed by atoms with E-state index in [1.54, 1.807) is 11.3 Å². The average molecular weight is 271 g/mol. The van der Waals surface area contributed by atoms with Gasteiger partial charge in [-0.15, -0.1) is 11.3 Å². The van der Waals surface area contributed by atoms with E-state index >= 15 is 0 Å². The highest BCUT2D eigenvalue weighted by Crippen LogP contribution is 2.27. The van der Waals surface area contributed by atoms with Crippen molar-refractivity contribution in [3.63, 3.8) is 0 Å². The van der Waals surface area contributed by atoms with E-state index in [0.717, 1.165) is 21.6 Å². The van der Waals surface area contributed by atoms with Gasteiger partial charge in [0.1, 0.15) is 12.1 Å². The van der Waals surface area contributed by atoms with Crippen LogP contribution in [0.5, 0.6) is 0 Å². The summed E-state index contributed by atoms with van der Waals surface area (Å²) < 4.78 is 1.01. The van der Waals surface area contributed by atoms with E-state index in [1.165, 1.54) is 6.33 Å². The van der Waals surface area contributed by atoms with Crippen molar-refractivity contribution in [1.29, 1.82) is 0 Å². The summed E-state index contributed by atoms with van der Waals surface area (Å²) in [5.41, 5.74) is 1.96. The zero-order valence-corrected chi connectivity index (χ0v) is 11.0. The molecule has 96 valence electrons. The Morgan fingerprint density at radius 3 is 2.79 bits per heavy atom. The Hall–Kier alpha value is -1.98. The van der Waals surface area contributed by atoms with Crippen molar-refractivity contribution in [3.8, 4) is 0 Å². The summed E-state index contributed by atoms with van der Waals surface area (Å²) in [5.74, 6) is 0.767. The van der Waals surface area contributed by atoms with E-state index in [9.17, 15) is 5.11 Å². The fraction of sp³-hybridized carbons (Fsp3) is 0.143. The number of aliphatic hydroxyl groups excluding tert-OH is 1. The summed E-state index contributed by atoms with van der Waals surface area (Å²) in [7, 11) is 0. The number of rotatable bonds is 4. The molecule has 0 aliphatic carbocycles. The number of nitrogens with zero attached hydrogens (tertiary/aromatic N) is 2. The van der Waals surface area contributed by atoms with E-state index in [4.69, 9.17) is 0 Å². The first kappa shape index (κ1) is 12.1. The third-order valence-corrected chi connectivity index (χ3v) is 3.85. The van der Waals surface area contributed by atoms with Gasteiger partial charge in [0.05, 0.1) is 22.9 Å². The van der Waals surface area contributed by atoms with Crippen LogP contribution in [-0.4, -0.2) is 21.7 Å². The predicted molar refractivity (Wildman–Crippen MR) is 77.3 cm³/mol. The molecule has 3 rings (SSSR count). The van der Waals surface area contributed by atoms with Gasteiger partial charge in [0.2, 0.25) is 0 Å². The summed E-state index contributed by atoms with van der Waals surface area (Å²) in [4.78, 5) is 8.47. The molecule has 2 heterocycles. The molecule has 0 amide bonds. The molecule has 0 radical (unpaired) electrons. The molecule has 3 aromatic rings. The van der Waals surface area contributed by atoms with Crippen molar-refractivity contribution in [2.24, 2.45) is 0 Å². The number of thiophene rings is 1. The number of benzene rings is 1. The van der Waals surface area contributed by atoms with Gasteiger partial charge in [-0.05, 0) is 17.0 Å². The number of aliphatic hydroxyl groups is 1. The molecule has 5 heteroatoms. The predicted octanol–water partition coefficient (Wildman–Crippen LogP) is 2.84. The topological polar surface area (TPSA) is 58.0 Å². The first-order chi connectivity index (χ1) is 9.38. The van der Waals surface area contributed by atoms with E-state index < -0.39 is 0 Å². The zero-order valence-electron chi connectivity index (χ0n) is 10.2. The van der Waals surface area contributed by atoms with E-state index in [2.05, 4.69) is 15.3 Å². The van der Waals surface area contributed by atoms with Gasteiger partial charge in [0, 0.05) is 0 Å². The standard InChI is InChI=1S/C14H13N3OS/c18-8-12(10-4-2-1-3-5-10)17-14-13-11(6-7-19-13)15-9-16-14/h1-7,9,12,18H,8H2,(H,15,16,17). The lowest BCUT2D eigenvalue weighted by atomic mass is 10.1. The van der Waals surface area contributed by atoms with Gasteiger partial charge in [-0.1, -0.05) is 30.3 Å². The van der Waals surface area contributed by atoms with Crippen LogP contribution in [0.15, 0.2) is 48.1 Å². The van der Waals surface area contributed by atoms with Crippen LogP contribution >= 0.6 is 11.3 Å². The molecular formula is C14H13N3OS. The van der Waals surface area contributed by atoms with Crippen molar-refractivity contribution in [2.75, 3.05) is 11.9 Å². The van der Waals surface area contributed by atoms with Gasteiger partial charge in [-0.3, -0.25) is 0 Å². The van der Waals surface area contributed by atoms with Crippen LogP contribution in [0.1, 0.15) is 11.6 Å². The van der Waals surface area contributed by atoms with Crippen LogP contribution in [0.2, 0.25) is 0 Å². The lowest BCUT2D eigenvalue weighted by Gasteiger charge is -2.17. The molecular weight excluding hydrogens is 258 g/mol. The maximum Gasteiger partial charge on any atom is 0.147 e. The fourth-order valence-electron chi connectivity index (χ4n) is 1.98. The molecule has 0 aliphatic heterocycles. The smallest absolute Gasteiger partial charge is 0.147 e. The summed E-state index contributed by atoms with van der Waals surface area (Å²) in [5, 5.41) is 14.8. The molecule has 4 nitrogen and oxygen atoms in total. The Labute approximate surface area is 114 Å². The minimum Gasteiger partial charge on any atom is -0.394 e. The normalized spacial score (nSPS) is 12.5. The highest BCUT2D eigenvalue weighted by atomic mass is 32.1. The first-order valence-corrected chi connectivity index (χ1v) is 6.87. The summed E-state index contributed by atoms with van der Waals surface area (Å²) in [6.45, 7) is 0.0148. The van der Waals surface area contributed by atoms with Crippen LogP contribution in [0.4, 0.5) is 5.82 Å². The van der Waals surface area contributed by atoms with Crippen LogP contribution in [-0.2, 0) is 0 Å². The van der Waals surface area contributed by atoms with Crippen LogP contribution in [0, 0.1) is 0 Å². The maximum absolute atomic E-state index is 9.56. The first-order valence-electron chi connectivity index (χ1n) is 5.99. The van der Waals surface area contributed by atoms with Crippen LogP contribution < -0.4 is 5.32 Å². The number of nitrogens with one attached hydrogen (secondary N) is 1. The Morgan fingerprint density at radius 2 is 2.00 bits per heavy atom. The van der Waals surface area contributed by atoms with E-state index in [1.807, 2.05) is 41.8 Å². The second-order valence-corrected chi connectivity index (χ2v) is 5.06. The minimum absolute atomic E-state index is 0.0148. The Balaban J connectivity index is 1.93. The highest BCUT2D eigenvalue weighted by molar-refractivity contribution is 7.17. The summed E-state index contributed by atoms with van der Waals surface area (Å²) in [6, 6.07) is 11.6. The minimum atomic E-state index is -0.165. The third-order valence-electron chi connectivity index (χ3n) is 2.94. The van der Waals surface area contributed by atoms with Crippen molar-refractivity contribution < 1.29 is 5.11 Å². The molecule has 1 aromatic carbocycles. The number of hydrogen-bond acceptors (Lipinski definition) is 5. The van der Waals surface area contributed by atoms with Crippen molar-refractivity contribution in [3.05, 3.63) is 53.7 Å². The lowest BCUT2D eigenvalue weighted by molar-refractivity contribution is 0.276. The van der Waals surface area contributed by atoms with Crippen LogP contribution in [0.25, 0.3) is 10.2 Å². The number of hydrogen-bond donors (Lipinski definition) is 2. The monoisotopic (exact) mass is 271 g/mol. The molecule has 0 saturated heterocycles. The van der Waals surface area contributed by atoms with Gasteiger partial charge >= 0.3 is 0 Å². The fourth-order valence-corrected chi connectivity index (χ4v) is 2.77. The Morgan fingerprint density at radius 1 is 1.16 bits per heavy atom. The quantitative estimate of drug-likeness (QED) is 0.766. The maximum atomic E-state index is 9.56.